The van der Waals surface area contributed by atoms with Gasteiger partial charge in [-0.2, -0.15) is 13.2 Å². The number of rotatable bonds is 5. The average Bonchev–Trinajstić information content (AvgIpc) is 2.93. The lowest BCUT2D eigenvalue weighted by atomic mass is 9.91. The molecule has 0 spiro atoms. The van der Waals surface area contributed by atoms with E-state index in [2.05, 4.69) is 5.32 Å². The smallest absolute Gasteiger partial charge is 0.416 e. The molecule has 2 saturated heterocycles. The third-order valence-corrected chi connectivity index (χ3v) is 8.11. The maximum absolute atomic E-state index is 13.7. The topological polar surface area (TPSA) is 51.2 Å². The molecule has 0 aliphatic carbocycles. The van der Waals surface area contributed by atoms with E-state index in [1.807, 2.05) is 18.2 Å². The zero-order valence-electron chi connectivity index (χ0n) is 21.1. The summed E-state index contributed by atoms with van der Waals surface area (Å²) in [5, 5.41) is 4.12. The predicted molar refractivity (Wildman–Crippen MR) is 137 cm³/mol. The van der Waals surface area contributed by atoms with Crippen LogP contribution in [-0.4, -0.2) is 54.8 Å². The Kier molecular flexibility index (Phi) is 7.23. The summed E-state index contributed by atoms with van der Waals surface area (Å²) in [7, 11) is 1.35. The number of aromatic nitrogens is 1. The van der Waals surface area contributed by atoms with Crippen molar-refractivity contribution in [3.8, 4) is 11.3 Å². The largest absolute Gasteiger partial charge is 0.465 e. The van der Waals surface area contributed by atoms with Gasteiger partial charge in [0, 0.05) is 42.4 Å². The van der Waals surface area contributed by atoms with Crippen molar-refractivity contribution in [2.45, 2.75) is 50.9 Å². The second-order valence-electron chi connectivity index (χ2n) is 10.3. The number of nitrogens with zero attached hydrogens (tertiary/aromatic N) is 2. The van der Waals surface area contributed by atoms with Crippen molar-refractivity contribution in [1.82, 2.24) is 10.3 Å². The molecule has 1 aromatic heterocycles. The predicted octanol–water partition coefficient (Wildman–Crippen LogP) is 5.96. The summed E-state index contributed by atoms with van der Waals surface area (Å²) in [5.41, 5.74) is 1.73. The summed E-state index contributed by atoms with van der Waals surface area (Å²) < 4.78 is 47.1. The van der Waals surface area contributed by atoms with E-state index in [-0.39, 0.29) is 0 Å². The van der Waals surface area contributed by atoms with Gasteiger partial charge in [-0.1, -0.05) is 30.3 Å². The molecular weight excluding hydrogens is 479 g/mol. The van der Waals surface area contributed by atoms with Gasteiger partial charge in [0.1, 0.15) is 6.54 Å². The Morgan fingerprint density at radius 2 is 1.78 bits per heavy atom. The number of benzene rings is 2. The molecule has 0 saturated carbocycles. The first kappa shape index (κ1) is 25.7. The molecule has 37 heavy (non-hydrogen) atoms. The minimum absolute atomic E-state index is 0.362. The maximum atomic E-state index is 13.7. The number of para-hydroxylation sites is 1. The number of carbonyl (C=O) groups excluding carboxylic acids is 1. The monoisotopic (exact) mass is 512 g/mol. The highest BCUT2D eigenvalue weighted by atomic mass is 19.4. The van der Waals surface area contributed by atoms with E-state index in [1.165, 1.54) is 19.6 Å². The van der Waals surface area contributed by atoms with Gasteiger partial charge >= 0.3 is 12.1 Å². The molecule has 2 fully saturated rings. The standard InChI is InChI=1S/C29H33F3N3O2/c1-37-28(36)26-23-10-3-4-11-25(23)34-27(20-8-7-9-21(18-20)29(30,31)32)24(26)19-35(16-5-2-6-17-35)22-12-14-33-15-13-22/h3-4,7-11,18,22,33H,2,5-6,12-17,19H2,1H3/q+1. The first-order chi connectivity index (χ1) is 17.8. The fourth-order valence-corrected chi connectivity index (χ4v) is 6.29. The summed E-state index contributed by atoms with van der Waals surface area (Å²) in [6.45, 7) is 4.41. The molecule has 2 aliphatic rings. The maximum Gasteiger partial charge on any atom is 0.416 e. The third kappa shape index (κ3) is 5.09. The molecule has 2 aromatic carbocycles. The third-order valence-electron chi connectivity index (χ3n) is 8.11. The number of piperidine rings is 2. The van der Waals surface area contributed by atoms with Crippen LogP contribution in [0.25, 0.3) is 22.2 Å². The molecule has 0 unspecified atom stereocenters. The van der Waals surface area contributed by atoms with Crippen LogP contribution in [0.3, 0.4) is 0 Å². The fourth-order valence-electron chi connectivity index (χ4n) is 6.29. The van der Waals surface area contributed by atoms with Crippen molar-refractivity contribution in [3.63, 3.8) is 0 Å². The number of halogens is 3. The summed E-state index contributed by atoms with van der Waals surface area (Å²) >= 11 is 0. The Hall–Kier alpha value is -2.97. The molecule has 5 nitrogen and oxygen atoms in total. The SMILES string of the molecule is COC(=O)c1c(C[N+]2(C3CCNCC3)CCCCC2)c(-c2cccc(C(F)(F)F)c2)nc2ccccc12. The number of quaternary nitrogens is 1. The normalized spacial score (nSPS) is 18.6. The zero-order valence-corrected chi connectivity index (χ0v) is 21.1. The van der Waals surface area contributed by atoms with Crippen LogP contribution in [0, 0.1) is 0 Å². The number of methoxy groups -OCH3 is 1. The molecule has 3 aromatic rings. The van der Waals surface area contributed by atoms with E-state index >= 15 is 0 Å². The van der Waals surface area contributed by atoms with Gasteiger partial charge in [-0.15, -0.1) is 0 Å². The lowest BCUT2D eigenvalue weighted by molar-refractivity contribution is -0.968. The Labute approximate surface area is 215 Å². The van der Waals surface area contributed by atoms with Crippen LogP contribution < -0.4 is 5.32 Å². The zero-order chi connectivity index (χ0) is 26.0. The van der Waals surface area contributed by atoms with E-state index in [4.69, 9.17) is 9.72 Å². The highest BCUT2D eigenvalue weighted by molar-refractivity contribution is 6.06. The molecule has 3 heterocycles. The molecule has 5 rings (SSSR count). The number of alkyl halides is 3. The highest BCUT2D eigenvalue weighted by Crippen LogP contribution is 2.39. The molecule has 2 aliphatic heterocycles. The van der Waals surface area contributed by atoms with Crippen molar-refractivity contribution in [2.24, 2.45) is 0 Å². The molecule has 0 atom stereocenters. The molecule has 0 amide bonds. The van der Waals surface area contributed by atoms with Crippen molar-refractivity contribution in [3.05, 3.63) is 65.2 Å². The van der Waals surface area contributed by atoms with Crippen molar-refractivity contribution >= 4 is 16.9 Å². The van der Waals surface area contributed by atoms with E-state index in [0.717, 1.165) is 68.5 Å². The fraction of sp³-hybridized carbons (Fsp3) is 0.448. The average molecular weight is 513 g/mol. The molecule has 8 heteroatoms. The van der Waals surface area contributed by atoms with Crippen LogP contribution in [0.15, 0.2) is 48.5 Å². The van der Waals surface area contributed by atoms with Gasteiger partial charge in [0.15, 0.2) is 0 Å². The lowest BCUT2D eigenvalue weighted by Gasteiger charge is -2.49. The minimum Gasteiger partial charge on any atom is -0.465 e. The number of hydrogen-bond donors (Lipinski definition) is 1. The second-order valence-corrected chi connectivity index (χ2v) is 10.3. The van der Waals surface area contributed by atoms with Crippen LogP contribution in [0.4, 0.5) is 13.2 Å². The van der Waals surface area contributed by atoms with Crippen molar-refractivity contribution in [2.75, 3.05) is 33.3 Å². The van der Waals surface area contributed by atoms with Crippen LogP contribution in [-0.2, 0) is 17.5 Å². The molecule has 1 N–H and O–H groups in total. The van der Waals surface area contributed by atoms with Crippen molar-refractivity contribution < 1.29 is 27.2 Å². The van der Waals surface area contributed by atoms with Crippen LogP contribution in [0.2, 0.25) is 0 Å². The number of esters is 1. The van der Waals surface area contributed by atoms with Crippen LogP contribution in [0.1, 0.15) is 53.6 Å². The van der Waals surface area contributed by atoms with Gasteiger partial charge in [0.25, 0.3) is 0 Å². The van der Waals surface area contributed by atoms with Gasteiger partial charge in [-0.3, -0.25) is 0 Å². The number of likely N-dealkylation sites (tertiary alicyclic amines) is 1. The Bertz CT molecular complexity index is 1280. The van der Waals surface area contributed by atoms with Gasteiger partial charge in [0.2, 0.25) is 0 Å². The van der Waals surface area contributed by atoms with Gasteiger partial charge in [-0.05, 0) is 37.5 Å². The minimum atomic E-state index is -4.48. The first-order valence-electron chi connectivity index (χ1n) is 13.1. The number of carbonyl (C=O) groups is 1. The first-order valence-corrected chi connectivity index (χ1v) is 13.1. The van der Waals surface area contributed by atoms with Crippen molar-refractivity contribution in [1.29, 1.82) is 0 Å². The Balaban J connectivity index is 1.75. The summed E-state index contributed by atoms with van der Waals surface area (Å²) in [4.78, 5) is 18.2. The number of hydrogen-bond acceptors (Lipinski definition) is 4. The Morgan fingerprint density at radius 1 is 1.05 bits per heavy atom. The number of ether oxygens (including phenoxy) is 1. The highest BCUT2D eigenvalue weighted by Gasteiger charge is 2.41. The van der Waals surface area contributed by atoms with E-state index < -0.39 is 17.7 Å². The van der Waals surface area contributed by atoms with Crippen LogP contribution >= 0.6 is 0 Å². The molecule has 0 radical (unpaired) electrons. The Morgan fingerprint density at radius 3 is 2.49 bits per heavy atom. The van der Waals surface area contributed by atoms with Gasteiger partial charge in [0.05, 0.1) is 48.6 Å². The molecular formula is C29H33F3N3O2+. The van der Waals surface area contributed by atoms with E-state index in [1.54, 1.807) is 12.1 Å². The second kappa shape index (κ2) is 10.4. The number of pyridine rings is 1. The molecule has 196 valence electrons. The number of fused-ring (bicyclic) bond motifs is 1. The lowest BCUT2D eigenvalue weighted by Crippen LogP contribution is -2.60. The summed E-state index contributed by atoms with van der Waals surface area (Å²) in [5.74, 6) is -0.484. The summed E-state index contributed by atoms with van der Waals surface area (Å²) in [6.07, 6.45) is 0.953. The van der Waals surface area contributed by atoms with E-state index in [9.17, 15) is 18.0 Å². The summed E-state index contributed by atoms with van der Waals surface area (Å²) in [6, 6.07) is 13.0. The van der Waals surface area contributed by atoms with Gasteiger partial charge < -0.3 is 14.5 Å². The quantitative estimate of drug-likeness (QED) is 0.339. The number of nitrogens with one attached hydrogen (secondary N) is 1. The molecule has 0 bridgehead atoms. The van der Waals surface area contributed by atoms with Crippen LogP contribution in [0.5, 0.6) is 0 Å². The van der Waals surface area contributed by atoms with E-state index in [0.29, 0.717) is 45.9 Å². The van der Waals surface area contributed by atoms with Gasteiger partial charge in [-0.25, -0.2) is 9.78 Å².